The topological polar surface area (TPSA) is 84.7 Å². The van der Waals surface area contributed by atoms with Crippen LogP contribution >= 0.6 is 0 Å². The van der Waals surface area contributed by atoms with Crippen molar-refractivity contribution in [1.29, 1.82) is 0 Å². The Morgan fingerprint density at radius 3 is 2.88 bits per heavy atom. The molecule has 1 aliphatic heterocycles. The number of hydrogen-bond acceptors (Lipinski definition) is 6. The second kappa shape index (κ2) is 7.56. The molecule has 1 aromatic rings. The maximum atomic E-state index is 12.4. The predicted molar refractivity (Wildman–Crippen MR) is 91.1 cm³/mol. The van der Waals surface area contributed by atoms with Crippen LogP contribution < -0.4 is 5.32 Å². The van der Waals surface area contributed by atoms with Crippen molar-refractivity contribution in [3.05, 3.63) is 17.5 Å². The number of amides is 1. The molecule has 2 fully saturated rings. The van der Waals surface area contributed by atoms with E-state index in [4.69, 9.17) is 9.26 Å². The molecule has 7 heteroatoms. The molecule has 1 saturated carbocycles. The number of ether oxygens (including phenoxy) is 1. The quantitative estimate of drug-likeness (QED) is 0.756. The van der Waals surface area contributed by atoms with Crippen LogP contribution in [0.2, 0.25) is 0 Å². The molecule has 1 N–H and O–H groups in total. The SMILES string of the molecule is CCOC(=O)C(C)CN1CC(C)C(NC(=O)c2cc(C3CC3)on2)C1. The highest BCUT2D eigenvalue weighted by molar-refractivity contribution is 5.92. The zero-order chi connectivity index (χ0) is 18.0. The van der Waals surface area contributed by atoms with E-state index in [1.54, 1.807) is 6.07 Å². The van der Waals surface area contributed by atoms with E-state index in [2.05, 4.69) is 22.3 Å². The highest BCUT2D eigenvalue weighted by Crippen LogP contribution is 2.40. The number of aromatic nitrogens is 1. The van der Waals surface area contributed by atoms with Gasteiger partial charge in [-0.25, -0.2) is 0 Å². The fourth-order valence-corrected chi connectivity index (χ4v) is 3.35. The molecule has 0 aromatic carbocycles. The third kappa shape index (κ3) is 4.39. The molecule has 25 heavy (non-hydrogen) atoms. The molecule has 3 rings (SSSR count). The van der Waals surface area contributed by atoms with E-state index in [1.165, 1.54) is 0 Å². The Bertz CT molecular complexity index is 626. The Kier molecular flexibility index (Phi) is 5.42. The molecule has 7 nitrogen and oxygen atoms in total. The van der Waals surface area contributed by atoms with Gasteiger partial charge in [-0.15, -0.1) is 0 Å². The van der Waals surface area contributed by atoms with Crippen molar-refractivity contribution in [2.45, 2.75) is 45.6 Å². The lowest BCUT2D eigenvalue weighted by molar-refractivity contribution is -0.147. The number of likely N-dealkylation sites (tertiary alicyclic amines) is 1. The Balaban J connectivity index is 1.50. The molecule has 2 heterocycles. The first-order valence-corrected chi connectivity index (χ1v) is 9.14. The third-order valence-electron chi connectivity index (χ3n) is 4.97. The van der Waals surface area contributed by atoms with Crippen molar-refractivity contribution >= 4 is 11.9 Å². The molecule has 1 aromatic heterocycles. The molecule has 138 valence electrons. The van der Waals surface area contributed by atoms with Crippen molar-refractivity contribution in [2.75, 3.05) is 26.2 Å². The minimum atomic E-state index is -0.187. The van der Waals surface area contributed by atoms with Crippen LogP contribution in [0.4, 0.5) is 0 Å². The average molecular weight is 349 g/mol. The Morgan fingerprint density at radius 2 is 2.20 bits per heavy atom. The van der Waals surface area contributed by atoms with E-state index in [1.807, 2.05) is 13.8 Å². The summed E-state index contributed by atoms with van der Waals surface area (Å²) in [5.74, 6) is 1.05. The lowest BCUT2D eigenvalue weighted by atomic mass is 10.1. The summed E-state index contributed by atoms with van der Waals surface area (Å²) in [4.78, 5) is 26.4. The van der Waals surface area contributed by atoms with Gasteiger partial charge in [-0.05, 0) is 25.7 Å². The first-order valence-electron chi connectivity index (χ1n) is 9.14. The molecular weight excluding hydrogens is 322 g/mol. The molecule has 3 atom stereocenters. The number of carbonyl (C=O) groups is 2. The van der Waals surface area contributed by atoms with E-state index in [-0.39, 0.29) is 23.8 Å². The van der Waals surface area contributed by atoms with Crippen molar-refractivity contribution in [1.82, 2.24) is 15.4 Å². The fraction of sp³-hybridized carbons (Fsp3) is 0.722. The lowest BCUT2D eigenvalue weighted by Crippen LogP contribution is -2.40. The number of nitrogens with one attached hydrogen (secondary N) is 1. The summed E-state index contributed by atoms with van der Waals surface area (Å²) in [6.45, 7) is 8.42. The van der Waals surface area contributed by atoms with Crippen LogP contribution in [0.3, 0.4) is 0 Å². The van der Waals surface area contributed by atoms with Gasteiger partial charge in [0, 0.05) is 37.7 Å². The van der Waals surface area contributed by atoms with Gasteiger partial charge >= 0.3 is 5.97 Å². The predicted octanol–water partition coefficient (Wildman–Crippen LogP) is 1.80. The lowest BCUT2D eigenvalue weighted by Gasteiger charge is -2.19. The van der Waals surface area contributed by atoms with Gasteiger partial charge in [0.2, 0.25) is 0 Å². The third-order valence-corrected chi connectivity index (χ3v) is 4.97. The monoisotopic (exact) mass is 349 g/mol. The molecule has 2 aliphatic rings. The van der Waals surface area contributed by atoms with Gasteiger partial charge in [0.25, 0.3) is 5.91 Å². The molecule has 1 amide bonds. The minimum absolute atomic E-state index is 0.0444. The van der Waals surface area contributed by atoms with Crippen LogP contribution in [0, 0.1) is 11.8 Å². The van der Waals surface area contributed by atoms with Gasteiger partial charge in [0.1, 0.15) is 5.76 Å². The average Bonchev–Trinajstić information content (AvgIpc) is 3.20. The van der Waals surface area contributed by atoms with Gasteiger partial charge in [-0.2, -0.15) is 0 Å². The molecular formula is C18H27N3O4. The van der Waals surface area contributed by atoms with Crippen LogP contribution in [-0.2, 0) is 9.53 Å². The molecule has 0 spiro atoms. The molecule has 3 unspecified atom stereocenters. The summed E-state index contributed by atoms with van der Waals surface area (Å²) >= 11 is 0. The van der Waals surface area contributed by atoms with E-state index >= 15 is 0 Å². The number of esters is 1. The number of carbonyl (C=O) groups excluding carboxylic acids is 2. The van der Waals surface area contributed by atoms with Crippen molar-refractivity contribution in [3.8, 4) is 0 Å². The number of rotatable bonds is 7. The summed E-state index contributed by atoms with van der Waals surface area (Å²) in [6.07, 6.45) is 2.23. The summed E-state index contributed by atoms with van der Waals surface area (Å²) in [7, 11) is 0. The molecule has 0 radical (unpaired) electrons. The maximum absolute atomic E-state index is 12.4. The summed E-state index contributed by atoms with van der Waals surface area (Å²) < 4.78 is 10.3. The van der Waals surface area contributed by atoms with Crippen molar-refractivity contribution < 1.29 is 18.8 Å². The van der Waals surface area contributed by atoms with Gasteiger partial charge in [-0.1, -0.05) is 19.0 Å². The normalized spacial score (nSPS) is 24.9. The molecule has 0 bridgehead atoms. The molecule has 1 aliphatic carbocycles. The van der Waals surface area contributed by atoms with Crippen LogP contribution in [0.1, 0.15) is 55.8 Å². The summed E-state index contributed by atoms with van der Waals surface area (Å²) in [5, 5.41) is 6.95. The van der Waals surface area contributed by atoms with Gasteiger partial charge in [-0.3, -0.25) is 9.59 Å². The largest absolute Gasteiger partial charge is 0.466 e. The number of nitrogens with zero attached hydrogens (tertiary/aromatic N) is 2. The fourth-order valence-electron chi connectivity index (χ4n) is 3.35. The second-order valence-corrected chi connectivity index (χ2v) is 7.32. The zero-order valence-electron chi connectivity index (χ0n) is 15.2. The Labute approximate surface area is 148 Å². The minimum Gasteiger partial charge on any atom is -0.466 e. The Hall–Kier alpha value is -1.89. The standard InChI is InChI=1S/C18H27N3O4/c1-4-24-18(23)12(3)9-21-8-11(2)15(10-21)19-17(22)14-7-16(25-20-14)13-5-6-13/h7,11-13,15H,4-6,8-10H2,1-3H3,(H,19,22). The second-order valence-electron chi connectivity index (χ2n) is 7.32. The zero-order valence-corrected chi connectivity index (χ0v) is 15.2. The van der Waals surface area contributed by atoms with Crippen LogP contribution in [-0.4, -0.2) is 54.2 Å². The maximum Gasteiger partial charge on any atom is 0.309 e. The first kappa shape index (κ1) is 17.9. The van der Waals surface area contributed by atoms with E-state index in [0.29, 0.717) is 30.7 Å². The number of hydrogen-bond donors (Lipinski definition) is 1. The van der Waals surface area contributed by atoms with E-state index in [0.717, 1.165) is 31.7 Å². The van der Waals surface area contributed by atoms with Gasteiger partial charge in [0.05, 0.1) is 12.5 Å². The van der Waals surface area contributed by atoms with E-state index < -0.39 is 0 Å². The van der Waals surface area contributed by atoms with Crippen LogP contribution in [0.25, 0.3) is 0 Å². The summed E-state index contributed by atoms with van der Waals surface area (Å²) in [6, 6.07) is 1.80. The highest BCUT2D eigenvalue weighted by atomic mass is 16.5. The van der Waals surface area contributed by atoms with Crippen LogP contribution in [0.5, 0.6) is 0 Å². The van der Waals surface area contributed by atoms with Gasteiger partial charge in [0.15, 0.2) is 5.69 Å². The van der Waals surface area contributed by atoms with Crippen molar-refractivity contribution in [3.63, 3.8) is 0 Å². The van der Waals surface area contributed by atoms with Crippen LogP contribution in [0.15, 0.2) is 10.6 Å². The Morgan fingerprint density at radius 1 is 1.44 bits per heavy atom. The van der Waals surface area contributed by atoms with Crippen molar-refractivity contribution in [2.24, 2.45) is 11.8 Å². The first-order chi connectivity index (χ1) is 12.0. The highest BCUT2D eigenvalue weighted by Gasteiger charge is 2.34. The van der Waals surface area contributed by atoms with E-state index in [9.17, 15) is 9.59 Å². The molecule has 1 saturated heterocycles. The summed E-state index contributed by atoms with van der Waals surface area (Å²) in [5.41, 5.74) is 0.354. The van der Waals surface area contributed by atoms with Gasteiger partial charge < -0.3 is 19.5 Å². The smallest absolute Gasteiger partial charge is 0.309 e.